The molecular formula is C12H23N5O2S. The Morgan fingerprint density at radius 2 is 2.15 bits per heavy atom. The Labute approximate surface area is 120 Å². The molecule has 20 heavy (non-hydrogen) atoms. The molecule has 1 aliphatic carbocycles. The average molecular weight is 301 g/mol. The van der Waals surface area contributed by atoms with Crippen molar-refractivity contribution in [3.8, 4) is 0 Å². The van der Waals surface area contributed by atoms with Crippen LogP contribution >= 0.6 is 0 Å². The topological polar surface area (TPSA) is 88.9 Å². The van der Waals surface area contributed by atoms with Gasteiger partial charge in [0, 0.05) is 26.1 Å². The van der Waals surface area contributed by atoms with Crippen LogP contribution in [0, 0.1) is 0 Å². The predicted octanol–water partition coefficient (Wildman–Crippen LogP) is -0.191. The Bertz CT molecular complexity index is 510. The second kappa shape index (κ2) is 7.14. The SMILES string of the molecule is Cn1cnc(CCNS(=O)(=O)CCCCNC2CC2)n1. The van der Waals surface area contributed by atoms with Crippen LogP contribution in [0.3, 0.4) is 0 Å². The van der Waals surface area contributed by atoms with E-state index >= 15 is 0 Å². The first-order chi connectivity index (χ1) is 9.55. The summed E-state index contributed by atoms with van der Waals surface area (Å²) in [6.45, 7) is 1.27. The molecule has 114 valence electrons. The zero-order valence-electron chi connectivity index (χ0n) is 11.9. The van der Waals surface area contributed by atoms with Crippen molar-refractivity contribution in [3.63, 3.8) is 0 Å². The van der Waals surface area contributed by atoms with Gasteiger partial charge in [-0.05, 0) is 32.2 Å². The molecule has 0 aliphatic heterocycles. The third-order valence-electron chi connectivity index (χ3n) is 3.17. The van der Waals surface area contributed by atoms with E-state index in [1.54, 1.807) is 18.1 Å². The third kappa shape index (κ3) is 5.98. The quantitative estimate of drug-likeness (QED) is 0.585. The largest absolute Gasteiger partial charge is 0.314 e. The summed E-state index contributed by atoms with van der Waals surface area (Å²) in [6.07, 6.45) is 6.25. The van der Waals surface area contributed by atoms with Crippen LogP contribution in [0.25, 0.3) is 0 Å². The highest BCUT2D eigenvalue weighted by Gasteiger charge is 2.19. The van der Waals surface area contributed by atoms with Crippen molar-refractivity contribution in [3.05, 3.63) is 12.2 Å². The fourth-order valence-corrected chi connectivity index (χ4v) is 3.04. The summed E-state index contributed by atoms with van der Waals surface area (Å²) < 4.78 is 27.7. The maximum atomic E-state index is 11.8. The Kier molecular flexibility index (Phi) is 5.50. The minimum absolute atomic E-state index is 0.189. The van der Waals surface area contributed by atoms with Crippen LogP contribution in [0.1, 0.15) is 31.5 Å². The summed E-state index contributed by atoms with van der Waals surface area (Å²) in [5, 5.41) is 7.48. The fourth-order valence-electron chi connectivity index (χ4n) is 1.90. The molecule has 1 saturated carbocycles. The van der Waals surface area contributed by atoms with E-state index < -0.39 is 10.0 Å². The van der Waals surface area contributed by atoms with Gasteiger partial charge in [-0.15, -0.1) is 0 Å². The lowest BCUT2D eigenvalue weighted by atomic mass is 10.3. The zero-order chi connectivity index (χ0) is 14.4. The molecule has 2 N–H and O–H groups in total. The van der Waals surface area contributed by atoms with Gasteiger partial charge in [-0.1, -0.05) is 0 Å². The maximum Gasteiger partial charge on any atom is 0.211 e. The van der Waals surface area contributed by atoms with Gasteiger partial charge in [-0.3, -0.25) is 4.68 Å². The highest BCUT2D eigenvalue weighted by molar-refractivity contribution is 7.89. The minimum atomic E-state index is -3.17. The van der Waals surface area contributed by atoms with Crippen LogP contribution in [-0.4, -0.2) is 48.1 Å². The van der Waals surface area contributed by atoms with E-state index in [1.807, 2.05) is 0 Å². The van der Waals surface area contributed by atoms with Gasteiger partial charge < -0.3 is 5.32 Å². The van der Waals surface area contributed by atoms with Crippen LogP contribution in [-0.2, 0) is 23.5 Å². The number of hydrogen-bond donors (Lipinski definition) is 2. The van der Waals surface area contributed by atoms with Crippen molar-refractivity contribution in [1.82, 2.24) is 24.8 Å². The number of aromatic nitrogens is 3. The molecule has 1 aromatic heterocycles. The number of nitrogens with one attached hydrogen (secondary N) is 2. The number of rotatable bonds is 10. The van der Waals surface area contributed by atoms with E-state index in [1.165, 1.54) is 12.8 Å². The normalized spacial score (nSPS) is 15.7. The molecule has 0 radical (unpaired) electrons. The molecule has 0 aromatic carbocycles. The summed E-state index contributed by atoms with van der Waals surface area (Å²) in [4.78, 5) is 4.05. The highest BCUT2D eigenvalue weighted by Crippen LogP contribution is 2.18. The summed E-state index contributed by atoms with van der Waals surface area (Å²) in [6, 6.07) is 0.690. The number of hydrogen-bond acceptors (Lipinski definition) is 5. The zero-order valence-corrected chi connectivity index (χ0v) is 12.7. The molecule has 0 atom stereocenters. The lowest BCUT2D eigenvalue weighted by Gasteiger charge is -2.06. The van der Waals surface area contributed by atoms with Crippen LogP contribution < -0.4 is 10.0 Å². The minimum Gasteiger partial charge on any atom is -0.314 e. The van der Waals surface area contributed by atoms with Gasteiger partial charge in [0.1, 0.15) is 6.33 Å². The van der Waals surface area contributed by atoms with Crippen LogP contribution in [0.2, 0.25) is 0 Å². The lowest BCUT2D eigenvalue weighted by Crippen LogP contribution is -2.29. The lowest BCUT2D eigenvalue weighted by molar-refractivity contribution is 0.572. The first-order valence-corrected chi connectivity index (χ1v) is 8.76. The van der Waals surface area contributed by atoms with Crippen molar-refractivity contribution < 1.29 is 8.42 Å². The molecule has 0 spiro atoms. The third-order valence-corrected chi connectivity index (χ3v) is 4.64. The molecule has 0 saturated heterocycles. The molecule has 7 nitrogen and oxygen atoms in total. The molecule has 1 heterocycles. The van der Waals surface area contributed by atoms with Gasteiger partial charge in [0.2, 0.25) is 10.0 Å². The standard InChI is InChI=1S/C12H23N5O2S/c1-17-10-14-12(16-17)6-8-15-20(18,19)9-3-2-7-13-11-4-5-11/h10-11,13,15H,2-9H2,1H3. The first-order valence-electron chi connectivity index (χ1n) is 7.10. The van der Waals surface area contributed by atoms with Gasteiger partial charge >= 0.3 is 0 Å². The summed E-state index contributed by atoms with van der Waals surface area (Å²) in [5.74, 6) is 0.846. The summed E-state index contributed by atoms with van der Waals surface area (Å²) >= 11 is 0. The number of sulfonamides is 1. The number of nitrogens with zero attached hydrogens (tertiary/aromatic N) is 3. The van der Waals surface area contributed by atoms with E-state index in [0.717, 1.165) is 13.0 Å². The molecule has 1 aliphatic rings. The van der Waals surface area contributed by atoms with Gasteiger partial charge in [-0.2, -0.15) is 5.10 Å². The van der Waals surface area contributed by atoms with Gasteiger partial charge in [0.15, 0.2) is 5.82 Å². The molecule has 0 amide bonds. The molecule has 0 unspecified atom stereocenters. The molecule has 1 aromatic rings. The van der Waals surface area contributed by atoms with Crippen molar-refractivity contribution in [2.75, 3.05) is 18.8 Å². The average Bonchev–Trinajstić information content (AvgIpc) is 3.11. The second-order valence-electron chi connectivity index (χ2n) is 5.23. The van der Waals surface area contributed by atoms with Crippen molar-refractivity contribution >= 4 is 10.0 Å². The first kappa shape index (κ1) is 15.4. The fraction of sp³-hybridized carbons (Fsp3) is 0.833. The van der Waals surface area contributed by atoms with Gasteiger partial charge in [-0.25, -0.2) is 18.1 Å². The Morgan fingerprint density at radius 3 is 2.80 bits per heavy atom. The molecule has 0 bridgehead atoms. The predicted molar refractivity (Wildman–Crippen MR) is 76.8 cm³/mol. The van der Waals surface area contributed by atoms with E-state index in [0.29, 0.717) is 31.3 Å². The van der Waals surface area contributed by atoms with Crippen molar-refractivity contribution in [1.29, 1.82) is 0 Å². The van der Waals surface area contributed by atoms with Crippen LogP contribution in [0.4, 0.5) is 0 Å². The van der Waals surface area contributed by atoms with Crippen molar-refractivity contribution in [2.45, 2.75) is 38.1 Å². The van der Waals surface area contributed by atoms with Gasteiger partial charge in [0.25, 0.3) is 0 Å². The molecular weight excluding hydrogens is 278 g/mol. The van der Waals surface area contributed by atoms with Crippen LogP contribution in [0.15, 0.2) is 6.33 Å². The van der Waals surface area contributed by atoms with E-state index in [2.05, 4.69) is 20.1 Å². The summed E-state index contributed by atoms with van der Waals surface area (Å²) in [5.41, 5.74) is 0. The molecule has 1 fully saturated rings. The smallest absolute Gasteiger partial charge is 0.211 e. The molecule has 8 heteroatoms. The van der Waals surface area contributed by atoms with E-state index in [-0.39, 0.29) is 5.75 Å². The second-order valence-corrected chi connectivity index (χ2v) is 7.16. The number of unbranched alkanes of at least 4 members (excludes halogenated alkanes) is 1. The summed E-state index contributed by atoms with van der Waals surface area (Å²) in [7, 11) is -1.38. The van der Waals surface area contributed by atoms with Crippen LogP contribution in [0.5, 0.6) is 0 Å². The Hall–Kier alpha value is -0.990. The Morgan fingerprint density at radius 1 is 1.35 bits per heavy atom. The number of aryl methyl sites for hydroxylation is 1. The van der Waals surface area contributed by atoms with E-state index in [9.17, 15) is 8.42 Å². The van der Waals surface area contributed by atoms with E-state index in [4.69, 9.17) is 0 Å². The Balaban J connectivity index is 1.55. The van der Waals surface area contributed by atoms with Gasteiger partial charge in [0.05, 0.1) is 5.75 Å². The maximum absolute atomic E-state index is 11.8. The highest BCUT2D eigenvalue weighted by atomic mass is 32.2. The monoisotopic (exact) mass is 301 g/mol. The van der Waals surface area contributed by atoms with Crippen molar-refractivity contribution in [2.24, 2.45) is 7.05 Å². The molecule has 2 rings (SSSR count).